The maximum absolute atomic E-state index is 5.97. The van der Waals surface area contributed by atoms with Gasteiger partial charge in [0.1, 0.15) is 0 Å². The zero-order chi connectivity index (χ0) is 12.9. The molecule has 0 aliphatic heterocycles. The highest BCUT2D eigenvalue weighted by Crippen LogP contribution is 2.15. The molecule has 0 saturated heterocycles. The van der Waals surface area contributed by atoms with E-state index in [1.165, 1.54) is 5.56 Å². The fraction of sp³-hybridized carbons (Fsp3) is 0.533. The quantitative estimate of drug-likeness (QED) is 0.627. The van der Waals surface area contributed by atoms with Crippen molar-refractivity contribution < 1.29 is 0 Å². The molecule has 0 heterocycles. The number of aryl methyl sites for hydroxylation is 1. The summed E-state index contributed by atoms with van der Waals surface area (Å²) in [7, 11) is 0. The van der Waals surface area contributed by atoms with Gasteiger partial charge in [-0.3, -0.25) is 4.99 Å². The molecule has 0 fully saturated rings. The molecule has 0 aliphatic rings. The van der Waals surface area contributed by atoms with Crippen LogP contribution in [0.1, 0.15) is 39.7 Å². The van der Waals surface area contributed by atoms with Crippen LogP contribution in [0.4, 0.5) is 0 Å². The SMILES string of the molecule is CC(CCc1ccccc1)N=C(N)C(C)(C)C. The lowest BCUT2D eigenvalue weighted by Gasteiger charge is -2.19. The van der Waals surface area contributed by atoms with Crippen molar-refractivity contribution in [3.63, 3.8) is 0 Å². The molecule has 1 aromatic rings. The van der Waals surface area contributed by atoms with Crippen LogP contribution in [0.3, 0.4) is 0 Å². The van der Waals surface area contributed by atoms with Gasteiger partial charge in [-0.15, -0.1) is 0 Å². The van der Waals surface area contributed by atoms with Gasteiger partial charge in [-0.25, -0.2) is 0 Å². The number of benzene rings is 1. The molecule has 1 atom stereocenters. The van der Waals surface area contributed by atoms with Crippen molar-refractivity contribution in [3.05, 3.63) is 35.9 Å². The van der Waals surface area contributed by atoms with E-state index in [1.54, 1.807) is 0 Å². The second-order valence-electron chi connectivity index (χ2n) is 5.64. The average molecular weight is 232 g/mol. The topological polar surface area (TPSA) is 38.4 Å². The highest BCUT2D eigenvalue weighted by molar-refractivity contribution is 5.85. The molecular weight excluding hydrogens is 208 g/mol. The third kappa shape index (κ3) is 5.03. The maximum atomic E-state index is 5.97. The molecule has 0 saturated carbocycles. The van der Waals surface area contributed by atoms with E-state index in [4.69, 9.17) is 5.73 Å². The second-order valence-corrected chi connectivity index (χ2v) is 5.64. The normalized spacial score (nSPS) is 14.7. The Labute approximate surface area is 105 Å². The fourth-order valence-electron chi connectivity index (χ4n) is 1.52. The summed E-state index contributed by atoms with van der Waals surface area (Å²) in [6, 6.07) is 10.8. The van der Waals surface area contributed by atoms with Crippen molar-refractivity contribution >= 4 is 5.84 Å². The Hall–Kier alpha value is -1.31. The summed E-state index contributed by atoms with van der Waals surface area (Å²) < 4.78 is 0. The number of hydrogen-bond acceptors (Lipinski definition) is 1. The molecule has 94 valence electrons. The number of rotatable bonds is 4. The minimum Gasteiger partial charge on any atom is -0.387 e. The lowest BCUT2D eigenvalue weighted by Crippen LogP contribution is -2.30. The van der Waals surface area contributed by atoms with E-state index in [1.807, 2.05) is 6.07 Å². The minimum atomic E-state index is -0.0268. The molecule has 1 rings (SSSR count). The third-order valence-corrected chi connectivity index (χ3v) is 2.82. The fourth-order valence-corrected chi connectivity index (χ4v) is 1.52. The lowest BCUT2D eigenvalue weighted by atomic mass is 9.95. The predicted molar refractivity (Wildman–Crippen MR) is 75.3 cm³/mol. The van der Waals surface area contributed by atoms with Crippen LogP contribution in [0.2, 0.25) is 0 Å². The molecule has 0 radical (unpaired) electrons. The Kier molecular flexibility index (Phi) is 4.73. The molecular formula is C15H24N2. The van der Waals surface area contributed by atoms with Crippen LogP contribution in [0.5, 0.6) is 0 Å². The molecule has 0 spiro atoms. The van der Waals surface area contributed by atoms with Gasteiger partial charge in [-0.1, -0.05) is 51.1 Å². The molecule has 2 heteroatoms. The molecule has 2 nitrogen and oxygen atoms in total. The van der Waals surface area contributed by atoms with Gasteiger partial charge in [0.25, 0.3) is 0 Å². The van der Waals surface area contributed by atoms with Gasteiger partial charge in [0, 0.05) is 11.5 Å². The van der Waals surface area contributed by atoms with Crippen LogP contribution in [0, 0.1) is 5.41 Å². The summed E-state index contributed by atoms with van der Waals surface area (Å²) in [4.78, 5) is 4.56. The van der Waals surface area contributed by atoms with Crippen LogP contribution < -0.4 is 5.73 Å². The van der Waals surface area contributed by atoms with Crippen LogP contribution >= 0.6 is 0 Å². The predicted octanol–water partition coefficient (Wildman–Crippen LogP) is 3.41. The molecule has 1 unspecified atom stereocenters. The first-order chi connectivity index (χ1) is 7.89. The first-order valence-electron chi connectivity index (χ1n) is 6.27. The number of amidine groups is 1. The summed E-state index contributed by atoms with van der Waals surface area (Å²) in [5.41, 5.74) is 7.31. The monoisotopic (exact) mass is 232 g/mol. The standard InChI is InChI=1S/C15H24N2/c1-12(17-14(16)15(2,3)4)10-11-13-8-6-5-7-9-13/h5-9,12H,10-11H2,1-4H3,(H2,16,17). The van der Waals surface area contributed by atoms with Gasteiger partial charge in [-0.2, -0.15) is 0 Å². The molecule has 2 N–H and O–H groups in total. The van der Waals surface area contributed by atoms with Gasteiger partial charge in [0.15, 0.2) is 0 Å². The first kappa shape index (κ1) is 13.8. The van der Waals surface area contributed by atoms with Crippen molar-refractivity contribution in [2.75, 3.05) is 0 Å². The molecule has 0 aromatic heterocycles. The summed E-state index contributed by atoms with van der Waals surface area (Å²) in [5.74, 6) is 0.748. The van der Waals surface area contributed by atoms with Crippen molar-refractivity contribution in [2.45, 2.75) is 46.6 Å². The molecule has 1 aromatic carbocycles. The smallest absolute Gasteiger partial charge is 0.0994 e. The van der Waals surface area contributed by atoms with Gasteiger partial charge >= 0.3 is 0 Å². The van der Waals surface area contributed by atoms with Crippen LogP contribution in [0.25, 0.3) is 0 Å². The van der Waals surface area contributed by atoms with Gasteiger partial charge in [0.05, 0.1) is 5.84 Å². The summed E-state index contributed by atoms with van der Waals surface area (Å²) in [6.45, 7) is 8.41. The maximum Gasteiger partial charge on any atom is 0.0994 e. The highest BCUT2D eigenvalue weighted by atomic mass is 14.9. The Bertz CT molecular complexity index is 360. The van der Waals surface area contributed by atoms with Gasteiger partial charge < -0.3 is 5.73 Å². The van der Waals surface area contributed by atoms with Crippen LogP contribution in [-0.2, 0) is 6.42 Å². The first-order valence-corrected chi connectivity index (χ1v) is 6.27. The van der Waals surface area contributed by atoms with Crippen molar-refractivity contribution in [3.8, 4) is 0 Å². The summed E-state index contributed by atoms with van der Waals surface area (Å²) >= 11 is 0. The van der Waals surface area contributed by atoms with E-state index in [0.717, 1.165) is 18.7 Å². The number of nitrogens with zero attached hydrogens (tertiary/aromatic N) is 1. The Morgan fingerprint density at radius 1 is 1.24 bits per heavy atom. The molecule has 0 bridgehead atoms. The third-order valence-electron chi connectivity index (χ3n) is 2.82. The molecule has 0 aliphatic carbocycles. The van der Waals surface area contributed by atoms with E-state index < -0.39 is 0 Å². The van der Waals surface area contributed by atoms with Crippen LogP contribution in [-0.4, -0.2) is 11.9 Å². The van der Waals surface area contributed by atoms with Crippen LogP contribution in [0.15, 0.2) is 35.3 Å². The van der Waals surface area contributed by atoms with Gasteiger partial charge in [0.2, 0.25) is 0 Å². The van der Waals surface area contributed by atoms with E-state index in [-0.39, 0.29) is 11.5 Å². The lowest BCUT2D eigenvalue weighted by molar-refractivity contribution is 0.567. The number of hydrogen-bond donors (Lipinski definition) is 1. The van der Waals surface area contributed by atoms with Crippen molar-refractivity contribution in [1.29, 1.82) is 0 Å². The summed E-state index contributed by atoms with van der Waals surface area (Å²) in [5, 5.41) is 0. The number of nitrogens with two attached hydrogens (primary N) is 1. The second kappa shape index (κ2) is 5.85. The zero-order valence-electron chi connectivity index (χ0n) is 11.4. The van der Waals surface area contributed by atoms with E-state index in [2.05, 4.69) is 57.0 Å². The Morgan fingerprint density at radius 2 is 1.82 bits per heavy atom. The van der Waals surface area contributed by atoms with E-state index in [9.17, 15) is 0 Å². The minimum absolute atomic E-state index is 0.0268. The van der Waals surface area contributed by atoms with E-state index in [0.29, 0.717) is 0 Å². The Morgan fingerprint density at radius 3 is 2.35 bits per heavy atom. The zero-order valence-corrected chi connectivity index (χ0v) is 11.4. The van der Waals surface area contributed by atoms with Gasteiger partial charge in [-0.05, 0) is 25.3 Å². The average Bonchev–Trinajstić information content (AvgIpc) is 2.26. The van der Waals surface area contributed by atoms with Crippen molar-refractivity contribution in [2.24, 2.45) is 16.1 Å². The number of aliphatic imine (C=N–C) groups is 1. The molecule has 17 heavy (non-hydrogen) atoms. The summed E-state index contributed by atoms with van der Waals surface area (Å²) in [6.07, 6.45) is 2.10. The molecule has 0 amide bonds. The van der Waals surface area contributed by atoms with Crippen molar-refractivity contribution in [1.82, 2.24) is 0 Å². The van der Waals surface area contributed by atoms with E-state index >= 15 is 0 Å². The highest BCUT2D eigenvalue weighted by Gasteiger charge is 2.16. The Balaban J connectivity index is 2.48. The largest absolute Gasteiger partial charge is 0.387 e.